The zero-order valence-corrected chi connectivity index (χ0v) is 12.9. The third-order valence-corrected chi connectivity index (χ3v) is 3.96. The van der Waals surface area contributed by atoms with Crippen LogP contribution in [0.3, 0.4) is 0 Å². The lowest BCUT2D eigenvalue weighted by Gasteiger charge is -2.36. The third kappa shape index (κ3) is 3.79. The molecule has 102 valence electrons. The van der Waals surface area contributed by atoms with Crippen LogP contribution in [0, 0.1) is 0 Å². The predicted octanol–water partition coefficient (Wildman–Crippen LogP) is 2.54. The summed E-state index contributed by atoms with van der Waals surface area (Å²) in [7, 11) is 2.02. The number of hydrogen-bond donors (Lipinski definition) is 2. The van der Waals surface area contributed by atoms with Crippen LogP contribution < -0.4 is 5.73 Å². The Bertz CT molecular complexity index is 373. The quantitative estimate of drug-likeness (QED) is 0.848. The third-order valence-electron chi connectivity index (χ3n) is 3.47. The Kier molecular flexibility index (Phi) is 6.29. The minimum Gasteiger partial charge on any atom is -0.395 e. The zero-order chi connectivity index (χ0) is 13.7. The molecular formula is C14H23BrN2O. The normalized spacial score (nSPS) is 16.6. The molecule has 3 N–H and O–H groups in total. The number of hydrogen-bond acceptors (Lipinski definition) is 3. The van der Waals surface area contributed by atoms with Crippen LogP contribution in [0.4, 0.5) is 0 Å². The maximum Gasteiger partial charge on any atom is 0.0584 e. The number of rotatable bonds is 6. The van der Waals surface area contributed by atoms with E-state index in [4.69, 9.17) is 5.73 Å². The van der Waals surface area contributed by atoms with Crippen LogP contribution in [-0.2, 0) is 0 Å². The summed E-state index contributed by atoms with van der Waals surface area (Å²) in [5, 5.41) is 9.32. The van der Waals surface area contributed by atoms with Gasteiger partial charge in [0.15, 0.2) is 0 Å². The minimum absolute atomic E-state index is 0.0540. The molecule has 3 unspecified atom stereocenters. The molecule has 0 radical (unpaired) electrons. The van der Waals surface area contributed by atoms with Crippen molar-refractivity contribution in [2.75, 3.05) is 13.7 Å². The molecule has 18 heavy (non-hydrogen) atoms. The Morgan fingerprint density at radius 2 is 2.11 bits per heavy atom. The molecule has 4 heteroatoms. The predicted molar refractivity (Wildman–Crippen MR) is 79.5 cm³/mol. The van der Waals surface area contributed by atoms with Gasteiger partial charge in [0.2, 0.25) is 0 Å². The summed E-state index contributed by atoms with van der Waals surface area (Å²) in [5.41, 5.74) is 7.44. The molecule has 0 spiro atoms. The first-order chi connectivity index (χ1) is 8.51. The second-order valence-corrected chi connectivity index (χ2v) is 5.68. The molecule has 1 aromatic carbocycles. The van der Waals surface area contributed by atoms with Gasteiger partial charge in [-0.1, -0.05) is 35.0 Å². The molecular weight excluding hydrogens is 292 g/mol. The topological polar surface area (TPSA) is 49.5 Å². The smallest absolute Gasteiger partial charge is 0.0584 e. The molecule has 1 aromatic rings. The molecule has 0 aliphatic carbocycles. The summed E-state index contributed by atoms with van der Waals surface area (Å²) in [6.07, 6.45) is 0.902. The van der Waals surface area contributed by atoms with E-state index in [-0.39, 0.29) is 24.7 Å². The van der Waals surface area contributed by atoms with Crippen molar-refractivity contribution < 1.29 is 5.11 Å². The van der Waals surface area contributed by atoms with Crippen LogP contribution in [0.25, 0.3) is 0 Å². The summed E-state index contributed by atoms with van der Waals surface area (Å²) in [4.78, 5) is 2.15. The molecule has 0 saturated heterocycles. The van der Waals surface area contributed by atoms with Gasteiger partial charge in [-0.3, -0.25) is 4.90 Å². The van der Waals surface area contributed by atoms with E-state index in [1.807, 2.05) is 26.1 Å². The van der Waals surface area contributed by atoms with Gasteiger partial charge >= 0.3 is 0 Å². The highest BCUT2D eigenvalue weighted by molar-refractivity contribution is 9.10. The van der Waals surface area contributed by atoms with Gasteiger partial charge in [-0.15, -0.1) is 0 Å². The Labute approximate surface area is 118 Å². The zero-order valence-electron chi connectivity index (χ0n) is 11.3. The van der Waals surface area contributed by atoms with E-state index in [1.54, 1.807) is 0 Å². The van der Waals surface area contributed by atoms with E-state index in [0.29, 0.717) is 0 Å². The van der Waals surface area contributed by atoms with Gasteiger partial charge in [0.1, 0.15) is 0 Å². The maximum absolute atomic E-state index is 9.32. The SMILES string of the molecule is CCC(N)C(c1cccc(Br)c1)N(C)C(C)CO. The van der Waals surface area contributed by atoms with Crippen LogP contribution in [0.5, 0.6) is 0 Å². The summed E-state index contributed by atoms with van der Waals surface area (Å²) in [6, 6.07) is 8.48. The van der Waals surface area contributed by atoms with Crippen molar-refractivity contribution in [1.82, 2.24) is 4.90 Å². The number of benzene rings is 1. The maximum atomic E-state index is 9.32. The van der Waals surface area contributed by atoms with Gasteiger partial charge in [-0.25, -0.2) is 0 Å². The van der Waals surface area contributed by atoms with E-state index in [9.17, 15) is 5.11 Å². The van der Waals surface area contributed by atoms with Gasteiger partial charge in [0.05, 0.1) is 6.61 Å². The van der Waals surface area contributed by atoms with Gasteiger partial charge in [-0.05, 0) is 38.1 Å². The summed E-state index contributed by atoms with van der Waals surface area (Å²) < 4.78 is 1.05. The lowest BCUT2D eigenvalue weighted by atomic mass is 9.95. The number of nitrogens with two attached hydrogens (primary N) is 1. The van der Waals surface area contributed by atoms with E-state index in [2.05, 4.69) is 39.9 Å². The highest BCUT2D eigenvalue weighted by Crippen LogP contribution is 2.27. The highest BCUT2D eigenvalue weighted by atomic mass is 79.9. The standard InChI is InChI=1S/C14H23BrN2O/c1-4-13(16)14(17(3)10(2)9-18)11-6-5-7-12(15)8-11/h5-8,10,13-14,18H,4,9,16H2,1-3H3. The first-order valence-corrected chi connectivity index (χ1v) is 7.14. The second-order valence-electron chi connectivity index (χ2n) is 4.77. The summed E-state index contributed by atoms with van der Waals surface area (Å²) in [5.74, 6) is 0. The Morgan fingerprint density at radius 1 is 1.44 bits per heavy atom. The first-order valence-electron chi connectivity index (χ1n) is 6.35. The molecule has 3 nitrogen and oxygen atoms in total. The van der Waals surface area contributed by atoms with E-state index < -0.39 is 0 Å². The van der Waals surface area contributed by atoms with Crippen molar-refractivity contribution in [2.45, 2.75) is 38.4 Å². The van der Waals surface area contributed by atoms with Crippen LogP contribution in [-0.4, -0.2) is 35.7 Å². The average Bonchev–Trinajstić information content (AvgIpc) is 2.37. The van der Waals surface area contributed by atoms with Crippen LogP contribution in [0.15, 0.2) is 28.7 Å². The van der Waals surface area contributed by atoms with E-state index >= 15 is 0 Å². The molecule has 0 aromatic heterocycles. The number of aliphatic hydroxyl groups excluding tert-OH is 1. The Hall–Kier alpha value is -0.420. The van der Waals surface area contributed by atoms with Gasteiger partial charge in [0, 0.05) is 22.6 Å². The summed E-state index contributed by atoms with van der Waals surface area (Å²) in [6.45, 7) is 4.23. The number of aliphatic hydroxyl groups is 1. The van der Waals surface area contributed by atoms with Crippen LogP contribution >= 0.6 is 15.9 Å². The van der Waals surface area contributed by atoms with Crippen molar-refractivity contribution in [1.29, 1.82) is 0 Å². The van der Waals surface area contributed by atoms with Crippen molar-refractivity contribution in [2.24, 2.45) is 5.73 Å². The van der Waals surface area contributed by atoms with Gasteiger partial charge in [0.25, 0.3) is 0 Å². The minimum atomic E-state index is 0.0540. The molecule has 0 aliphatic rings. The lowest BCUT2D eigenvalue weighted by Crippen LogP contribution is -2.44. The fraction of sp³-hybridized carbons (Fsp3) is 0.571. The molecule has 0 aliphatic heterocycles. The van der Waals surface area contributed by atoms with Crippen molar-refractivity contribution in [3.63, 3.8) is 0 Å². The monoisotopic (exact) mass is 314 g/mol. The molecule has 0 saturated carbocycles. The second kappa shape index (κ2) is 7.24. The molecule has 0 heterocycles. The Balaban J connectivity index is 3.05. The average molecular weight is 315 g/mol. The first kappa shape index (κ1) is 15.6. The lowest BCUT2D eigenvalue weighted by molar-refractivity contribution is 0.105. The van der Waals surface area contributed by atoms with Crippen molar-refractivity contribution in [3.05, 3.63) is 34.3 Å². The fourth-order valence-corrected chi connectivity index (χ4v) is 2.52. The summed E-state index contributed by atoms with van der Waals surface area (Å²) >= 11 is 3.50. The van der Waals surface area contributed by atoms with E-state index in [0.717, 1.165) is 10.9 Å². The molecule has 3 atom stereocenters. The molecule has 1 rings (SSSR count). The van der Waals surface area contributed by atoms with Crippen molar-refractivity contribution >= 4 is 15.9 Å². The van der Waals surface area contributed by atoms with Gasteiger partial charge < -0.3 is 10.8 Å². The molecule has 0 fully saturated rings. The number of likely N-dealkylation sites (N-methyl/N-ethyl adjacent to an activating group) is 1. The van der Waals surface area contributed by atoms with Crippen molar-refractivity contribution in [3.8, 4) is 0 Å². The fourth-order valence-electron chi connectivity index (χ4n) is 2.10. The molecule has 0 amide bonds. The Morgan fingerprint density at radius 3 is 2.61 bits per heavy atom. The number of halogens is 1. The largest absolute Gasteiger partial charge is 0.395 e. The van der Waals surface area contributed by atoms with Crippen LogP contribution in [0.2, 0.25) is 0 Å². The van der Waals surface area contributed by atoms with Gasteiger partial charge in [-0.2, -0.15) is 0 Å². The van der Waals surface area contributed by atoms with E-state index in [1.165, 1.54) is 5.56 Å². The number of nitrogens with zero attached hydrogens (tertiary/aromatic N) is 1. The van der Waals surface area contributed by atoms with Crippen LogP contribution in [0.1, 0.15) is 31.9 Å². The molecule has 0 bridgehead atoms. The highest BCUT2D eigenvalue weighted by Gasteiger charge is 2.26.